The second-order valence-corrected chi connectivity index (χ2v) is 6.41. The van der Waals surface area contributed by atoms with E-state index in [4.69, 9.17) is 0 Å². The first kappa shape index (κ1) is 19.4. The molecule has 0 heterocycles. The van der Waals surface area contributed by atoms with Crippen molar-refractivity contribution in [1.29, 1.82) is 0 Å². The SMILES string of the molecule is CCCCc1cccc(NC(=O)/C=C\C(=O)Nc2ccc(C)c(C)c2)c1. The minimum Gasteiger partial charge on any atom is -0.323 e. The molecule has 0 aliphatic carbocycles. The molecule has 2 rings (SSSR count). The minimum absolute atomic E-state index is 0.326. The van der Waals surface area contributed by atoms with Crippen molar-refractivity contribution in [3.8, 4) is 0 Å². The molecule has 2 N–H and O–H groups in total. The molecule has 26 heavy (non-hydrogen) atoms. The highest BCUT2D eigenvalue weighted by Gasteiger charge is 2.03. The molecule has 0 fully saturated rings. The van der Waals surface area contributed by atoms with Gasteiger partial charge >= 0.3 is 0 Å². The van der Waals surface area contributed by atoms with Gasteiger partial charge in [-0.15, -0.1) is 0 Å². The first-order valence-electron chi connectivity index (χ1n) is 8.94. The summed E-state index contributed by atoms with van der Waals surface area (Å²) >= 11 is 0. The Bertz CT molecular complexity index is 810. The lowest BCUT2D eigenvalue weighted by Gasteiger charge is -2.06. The van der Waals surface area contributed by atoms with Gasteiger partial charge in [-0.05, 0) is 67.6 Å². The third-order valence-electron chi connectivity index (χ3n) is 4.17. The maximum atomic E-state index is 12.0. The second-order valence-electron chi connectivity index (χ2n) is 6.41. The van der Waals surface area contributed by atoms with Crippen LogP contribution in [0.3, 0.4) is 0 Å². The predicted octanol–water partition coefficient (Wildman–Crippen LogP) is 4.78. The van der Waals surface area contributed by atoms with Crippen LogP contribution in [0.25, 0.3) is 0 Å². The number of hydrogen-bond acceptors (Lipinski definition) is 2. The van der Waals surface area contributed by atoms with Gasteiger partial charge in [0.1, 0.15) is 0 Å². The van der Waals surface area contributed by atoms with E-state index in [1.807, 2.05) is 50.2 Å². The van der Waals surface area contributed by atoms with Crippen LogP contribution >= 0.6 is 0 Å². The molecule has 0 saturated carbocycles. The molecule has 136 valence electrons. The molecule has 2 amide bonds. The molecule has 2 aromatic carbocycles. The fourth-order valence-corrected chi connectivity index (χ4v) is 2.52. The molecular weight excluding hydrogens is 324 g/mol. The van der Waals surface area contributed by atoms with Crippen LogP contribution in [0.1, 0.15) is 36.5 Å². The van der Waals surface area contributed by atoms with Crippen LogP contribution in [0, 0.1) is 13.8 Å². The summed E-state index contributed by atoms with van der Waals surface area (Å²) in [6, 6.07) is 13.5. The van der Waals surface area contributed by atoms with Crippen molar-refractivity contribution < 1.29 is 9.59 Å². The van der Waals surface area contributed by atoms with Crippen molar-refractivity contribution in [2.24, 2.45) is 0 Å². The summed E-state index contributed by atoms with van der Waals surface area (Å²) < 4.78 is 0. The Morgan fingerprint density at radius 1 is 0.885 bits per heavy atom. The zero-order valence-electron chi connectivity index (χ0n) is 15.6. The minimum atomic E-state index is -0.333. The van der Waals surface area contributed by atoms with Gasteiger partial charge in [0.15, 0.2) is 0 Å². The summed E-state index contributed by atoms with van der Waals surface area (Å²) in [4.78, 5) is 24.0. The normalized spacial score (nSPS) is 10.7. The van der Waals surface area contributed by atoms with E-state index in [9.17, 15) is 9.59 Å². The maximum absolute atomic E-state index is 12.0. The fourth-order valence-electron chi connectivity index (χ4n) is 2.52. The van der Waals surface area contributed by atoms with Crippen LogP contribution in [0.2, 0.25) is 0 Å². The van der Waals surface area contributed by atoms with E-state index in [0.29, 0.717) is 5.69 Å². The van der Waals surface area contributed by atoms with Crippen molar-refractivity contribution in [3.05, 3.63) is 71.3 Å². The number of anilines is 2. The van der Waals surface area contributed by atoms with Crippen LogP contribution in [0.4, 0.5) is 11.4 Å². The van der Waals surface area contributed by atoms with Gasteiger partial charge in [-0.1, -0.05) is 31.5 Å². The van der Waals surface area contributed by atoms with Crippen molar-refractivity contribution >= 4 is 23.2 Å². The number of carbonyl (C=O) groups is 2. The van der Waals surface area contributed by atoms with Crippen LogP contribution in [-0.4, -0.2) is 11.8 Å². The van der Waals surface area contributed by atoms with E-state index < -0.39 is 0 Å². The number of nitrogens with one attached hydrogen (secondary N) is 2. The third-order valence-corrected chi connectivity index (χ3v) is 4.17. The lowest BCUT2D eigenvalue weighted by molar-refractivity contribution is -0.114. The van der Waals surface area contributed by atoms with Crippen molar-refractivity contribution in [3.63, 3.8) is 0 Å². The average Bonchev–Trinajstić information content (AvgIpc) is 2.62. The molecule has 2 aromatic rings. The Kier molecular flexibility index (Phi) is 7.15. The summed E-state index contributed by atoms with van der Waals surface area (Å²) in [6.45, 7) is 6.16. The average molecular weight is 350 g/mol. The maximum Gasteiger partial charge on any atom is 0.248 e. The van der Waals surface area contributed by atoms with Crippen molar-refractivity contribution in [2.45, 2.75) is 40.0 Å². The van der Waals surface area contributed by atoms with E-state index in [0.717, 1.165) is 30.5 Å². The van der Waals surface area contributed by atoms with Crippen LogP contribution in [-0.2, 0) is 16.0 Å². The van der Waals surface area contributed by atoms with E-state index in [2.05, 4.69) is 23.6 Å². The molecule has 0 spiro atoms. The number of hydrogen-bond donors (Lipinski definition) is 2. The molecule has 0 atom stereocenters. The zero-order chi connectivity index (χ0) is 18.9. The highest BCUT2D eigenvalue weighted by Crippen LogP contribution is 2.14. The molecule has 0 saturated heterocycles. The lowest BCUT2D eigenvalue weighted by Crippen LogP contribution is -2.12. The number of aryl methyl sites for hydroxylation is 3. The number of amides is 2. The van der Waals surface area contributed by atoms with Gasteiger partial charge in [-0.25, -0.2) is 0 Å². The quantitative estimate of drug-likeness (QED) is 0.706. The van der Waals surface area contributed by atoms with Gasteiger partial charge < -0.3 is 10.6 Å². The molecule has 0 aliphatic heterocycles. The monoisotopic (exact) mass is 350 g/mol. The van der Waals surface area contributed by atoms with E-state index in [1.165, 1.54) is 23.3 Å². The summed E-state index contributed by atoms with van der Waals surface area (Å²) in [7, 11) is 0. The predicted molar refractivity (Wildman–Crippen MR) is 107 cm³/mol. The number of unbranched alkanes of at least 4 members (excludes halogenated alkanes) is 1. The molecular formula is C22H26N2O2. The van der Waals surface area contributed by atoms with Gasteiger partial charge in [-0.2, -0.15) is 0 Å². The lowest BCUT2D eigenvalue weighted by atomic mass is 10.1. The first-order valence-corrected chi connectivity index (χ1v) is 8.94. The topological polar surface area (TPSA) is 58.2 Å². The summed E-state index contributed by atoms with van der Waals surface area (Å²) in [5.41, 5.74) is 4.92. The summed E-state index contributed by atoms with van der Waals surface area (Å²) in [5, 5.41) is 5.54. The Hall–Kier alpha value is -2.88. The Balaban J connectivity index is 1.90. The van der Waals surface area contributed by atoms with Crippen LogP contribution in [0.5, 0.6) is 0 Å². The zero-order valence-corrected chi connectivity index (χ0v) is 15.6. The first-order chi connectivity index (χ1) is 12.5. The van der Waals surface area contributed by atoms with Gasteiger partial charge in [0.05, 0.1) is 0 Å². The molecule has 0 aliphatic rings. The van der Waals surface area contributed by atoms with Crippen LogP contribution in [0.15, 0.2) is 54.6 Å². The van der Waals surface area contributed by atoms with Gasteiger partial charge in [0.2, 0.25) is 11.8 Å². The number of carbonyl (C=O) groups excluding carboxylic acids is 2. The van der Waals surface area contributed by atoms with Crippen LogP contribution < -0.4 is 10.6 Å². The molecule has 0 aromatic heterocycles. The Morgan fingerprint density at radius 2 is 1.54 bits per heavy atom. The van der Waals surface area contributed by atoms with E-state index in [1.54, 1.807) is 0 Å². The third kappa shape index (κ3) is 6.20. The molecule has 4 heteroatoms. The standard InChI is InChI=1S/C22H26N2O2/c1-4-5-7-18-8-6-9-19(15-18)23-21(25)12-13-22(26)24-20-11-10-16(2)17(3)14-20/h6,8-15H,4-5,7H2,1-3H3,(H,23,25)(H,24,26)/b13-12-. The largest absolute Gasteiger partial charge is 0.323 e. The molecule has 0 bridgehead atoms. The van der Waals surface area contributed by atoms with E-state index in [-0.39, 0.29) is 11.8 Å². The van der Waals surface area contributed by atoms with Crippen molar-refractivity contribution in [2.75, 3.05) is 10.6 Å². The highest BCUT2D eigenvalue weighted by molar-refractivity contribution is 6.06. The van der Waals surface area contributed by atoms with Gasteiger partial charge in [0, 0.05) is 23.5 Å². The van der Waals surface area contributed by atoms with Crippen molar-refractivity contribution in [1.82, 2.24) is 0 Å². The molecule has 4 nitrogen and oxygen atoms in total. The van der Waals surface area contributed by atoms with Gasteiger partial charge in [-0.3, -0.25) is 9.59 Å². The summed E-state index contributed by atoms with van der Waals surface area (Å²) in [6.07, 6.45) is 5.74. The molecule has 0 unspecified atom stereocenters. The number of rotatable bonds is 7. The number of benzene rings is 2. The fraction of sp³-hybridized carbons (Fsp3) is 0.273. The smallest absolute Gasteiger partial charge is 0.248 e. The Labute approximate surface area is 155 Å². The Morgan fingerprint density at radius 3 is 2.15 bits per heavy atom. The van der Waals surface area contributed by atoms with E-state index >= 15 is 0 Å². The second kappa shape index (κ2) is 9.56. The van der Waals surface area contributed by atoms with Gasteiger partial charge in [0.25, 0.3) is 0 Å². The molecule has 0 radical (unpaired) electrons. The highest BCUT2D eigenvalue weighted by atomic mass is 16.2. The summed E-state index contributed by atoms with van der Waals surface area (Å²) in [5.74, 6) is -0.659.